The topological polar surface area (TPSA) is 47.9 Å². The van der Waals surface area contributed by atoms with E-state index in [2.05, 4.69) is 10.2 Å². The quantitative estimate of drug-likeness (QED) is 0.443. The van der Waals surface area contributed by atoms with Gasteiger partial charge in [-0.25, -0.2) is 0 Å². The second kappa shape index (κ2) is 3.51. The van der Waals surface area contributed by atoms with Crippen molar-refractivity contribution >= 4 is 0 Å². The van der Waals surface area contributed by atoms with Gasteiger partial charge in [-0.2, -0.15) is 0 Å². The summed E-state index contributed by atoms with van der Waals surface area (Å²) in [6, 6.07) is 0. The van der Waals surface area contributed by atoms with Crippen molar-refractivity contribution in [3.05, 3.63) is 4.91 Å². The first-order valence-corrected chi connectivity index (χ1v) is 3.43. The third-order valence-electron chi connectivity index (χ3n) is 1.63. The van der Waals surface area contributed by atoms with E-state index in [0.717, 1.165) is 12.8 Å². The molecule has 1 aliphatic heterocycles. The van der Waals surface area contributed by atoms with Crippen LogP contribution in [0.5, 0.6) is 0 Å². The highest BCUT2D eigenvalue weighted by Crippen LogP contribution is 2.18. The molecule has 1 heterocycles. The fourth-order valence-corrected chi connectivity index (χ4v) is 1.12. The molecule has 4 nitrogen and oxygen atoms in total. The van der Waals surface area contributed by atoms with Crippen molar-refractivity contribution in [3.8, 4) is 0 Å². The van der Waals surface area contributed by atoms with Crippen molar-refractivity contribution < 1.29 is 9.57 Å². The summed E-state index contributed by atoms with van der Waals surface area (Å²) in [5, 5.41) is 2.29. The zero-order chi connectivity index (χ0) is 7.40. The Morgan fingerprint density at radius 1 is 1.70 bits per heavy atom. The molecule has 58 valence electrons. The first-order chi connectivity index (χ1) is 4.83. The van der Waals surface area contributed by atoms with Crippen LogP contribution in [0.25, 0.3) is 0 Å². The Labute approximate surface area is 59.4 Å². The van der Waals surface area contributed by atoms with Gasteiger partial charge in [0.05, 0.1) is 12.2 Å². The lowest BCUT2D eigenvalue weighted by molar-refractivity contribution is -0.00894. The Bertz CT molecular complexity index is 118. The predicted molar refractivity (Wildman–Crippen MR) is 35.3 cm³/mol. The molecule has 0 bridgehead atoms. The summed E-state index contributed by atoms with van der Waals surface area (Å²) < 4.78 is 5.34. The van der Waals surface area contributed by atoms with E-state index in [1.54, 1.807) is 0 Å². The van der Waals surface area contributed by atoms with Gasteiger partial charge in [-0.15, -0.1) is 4.91 Å². The molecular weight excluding hydrogens is 134 g/mol. The van der Waals surface area contributed by atoms with Crippen LogP contribution in [0.4, 0.5) is 0 Å². The molecular formula is C6H11NO3. The molecule has 0 aromatic carbocycles. The maximum absolute atomic E-state index is 9.52. The summed E-state index contributed by atoms with van der Waals surface area (Å²) in [5.41, 5.74) is 0. The molecule has 1 saturated heterocycles. The van der Waals surface area contributed by atoms with Crippen LogP contribution in [0.3, 0.4) is 0 Å². The van der Waals surface area contributed by atoms with Gasteiger partial charge < -0.3 is 9.57 Å². The fourth-order valence-electron chi connectivity index (χ4n) is 1.12. The minimum Gasteiger partial charge on any atom is -0.372 e. The maximum atomic E-state index is 9.52. The van der Waals surface area contributed by atoms with E-state index in [4.69, 9.17) is 4.74 Å². The number of hydrogen-bond donors (Lipinski definition) is 0. The van der Waals surface area contributed by atoms with Crippen LogP contribution in [0.2, 0.25) is 0 Å². The van der Waals surface area contributed by atoms with Crippen LogP contribution in [-0.4, -0.2) is 18.8 Å². The highest BCUT2D eigenvalue weighted by atomic mass is 16.7. The molecule has 10 heavy (non-hydrogen) atoms. The highest BCUT2D eigenvalue weighted by molar-refractivity contribution is 4.69. The summed E-state index contributed by atoms with van der Waals surface area (Å²) in [5.74, 6) is 0. The third kappa shape index (κ3) is 1.95. The second-order valence-electron chi connectivity index (χ2n) is 2.52. The number of rotatable bonds is 3. The van der Waals surface area contributed by atoms with E-state index in [-0.39, 0.29) is 6.10 Å². The SMILES string of the molecule is CC1CCC(CON=O)O1. The molecule has 0 aromatic rings. The molecule has 2 unspecified atom stereocenters. The third-order valence-corrected chi connectivity index (χ3v) is 1.63. The average molecular weight is 145 g/mol. The van der Waals surface area contributed by atoms with Crippen LogP contribution < -0.4 is 0 Å². The molecule has 1 fully saturated rings. The van der Waals surface area contributed by atoms with Gasteiger partial charge in [0.25, 0.3) is 0 Å². The summed E-state index contributed by atoms with van der Waals surface area (Å²) in [4.78, 5) is 13.8. The number of nitrogens with zero attached hydrogens (tertiary/aromatic N) is 1. The van der Waals surface area contributed by atoms with Crippen molar-refractivity contribution in [1.29, 1.82) is 0 Å². The summed E-state index contributed by atoms with van der Waals surface area (Å²) in [6.07, 6.45) is 2.40. The van der Waals surface area contributed by atoms with Crippen molar-refractivity contribution in [1.82, 2.24) is 0 Å². The van der Waals surface area contributed by atoms with Gasteiger partial charge in [0.2, 0.25) is 0 Å². The number of ether oxygens (including phenoxy) is 1. The zero-order valence-electron chi connectivity index (χ0n) is 5.95. The van der Waals surface area contributed by atoms with E-state index in [9.17, 15) is 4.91 Å². The van der Waals surface area contributed by atoms with Gasteiger partial charge in [0.1, 0.15) is 6.61 Å². The normalized spacial score (nSPS) is 32.1. The molecule has 4 heteroatoms. The first-order valence-electron chi connectivity index (χ1n) is 3.43. The summed E-state index contributed by atoms with van der Waals surface area (Å²) >= 11 is 0. The Morgan fingerprint density at radius 3 is 3.00 bits per heavy atom. The summed E-state index contributed by atoms with van der Waals surface area (Å²) in [6.45, 7) is 2.31. The van der Waals surface area contributed by atoms with Gasteiger partial charge in [-0.05, 0) is 19.8 Å². The van der Waals surface area contributed by atoms with Gasteiger partial charge in [-0.1, -0.05) is 0 Å². The lowest BCUT2D eigenvalue weighted by Crippen LogP contribution is -2.13. The van der Waals surface area contributed by atoms with Crippen molar-refractivity contribution in [2.75, 3.05) is 6.61 Å². The Morgan fingerprint density at radius 2 is 2.50 bits per heavy atom. The van der Waals surface area contributed by atoms with Crippen LogP contribution in [0.15, 0.2) is 5.34 Å². The van der Waals surface area contributed by atoms with Crippen LogP contribution in [0.1, 0.15) is 19.8 Å². The average Bonchev–Trinajstić information content (AvgIpc) is 2.31. The van der Waals surface area contributed by atoms with E-state index in [0.29, 0.717) is 12.7 Å². The molecule has 0 saturated carbocycles. The molecule has 0 N–H and O–H groups in total. The van der Waals surface area contributed by atoms with Gasteiger partial charge >= 0.3 is 0 Å². The van der Waals surface area contributed by atoms with E-state index >= 15 is 0 Å². The molecule has 0 aromatic heterocycles. The van der Waals surface area contributed by atoms with Crippen molar-refractivity contribution in [3.63, 3.8) is 0 Å². The molecule has 0 amide bonds. The fraction of sp³-hybridized carbons (Fsp3) is 1.00. The van der Waals surface area contributed by atoms with Gasteiger partial charge in [0, 0.05) is 0 Å². The Kier molecular flexibility index (Phi) is 2.62. The van der Waals surface area contributed by atoms with Crippen molar-refractivity contribution in [2.24, 2.45) is 5.34 Å². The molecule has 0 aliphatic carbocycles. The molecule has 1 aliphatic rings. The first kappa shape index (κ1) is 7.47. The van der Waals surface area contributed by atoms with Gasteiger partial charge in [-0.3, -0.25) is 0 Å². The lowest BCUT2D eigenvalue weighted by Gasteiger charge is -2.06. The molecule has 0 spiro atoms. The minimum atomic E-state index is 0.0766. The number of hydrogen-bond acceptors (Lipinski definition) is 4. The van der Waals surface area contributed by atoms with Gasteiger partial charge in [0.15, 0.2) is 5.34 Å². The van der Waals surface area contributed by atoms with Crippen LogP contribution in [-0.2, 0) is 9.57 Å². The van der Waals surface area contributed by atoms with E-state index < -0.39 is 0 Å². The standard InChI is InChI=1S/C6H11NO3/c1-5-2-3-6(10-5)4-9-7-8/h5-6H,2-4H2,1H3. The van der Waals surface area contributed by atoms with Crippen LogP contribution in [0, 0.1) is 4.91 Å². The highest BCUT2D eigenvalue weighted by Gasteiger charge is 2.22. The zero-order valence-corrected chi connectivity index (χ0v) is 5.95. The smallest absolute Gasteiger partial charge is 0.155 e. The Hall–Kier alpha value is -0.640. The maximum Gasteiger partial charge on any atom is 0.155 e. The largest absolute Gasteiger partial charge is 0.372 e. The Balaban J connectivity index is 2.12. The minimum absolute atomic E-state index is 0.0766. The lowest BCUT2D eigenvalue weighted by atomic mass is 10.2. The second-order valence-corrected chi connectivity index (χ2v) is 2.52. The van der Waals surface area contributed by atoms with E-state index in [1.807, 2.05) is 6.92 Å². The van der Waals surface area contributed by atoms with E-state index in [1.165, 1.54) is 0 Å². The molecule has 0 radical (unpaired) electrons. The predicted octanol–water partition coefficient (Wildman–Crippen LogP) is 1.25. The molecule has 2 atom stereocenters. The van der Waals surface area contributed by atoms with Crippen LogP contribution >= 0.6 is 0 Å². The summed E-state index contributed by atoms with van der Waals surface area (Å²) in [7, 11) is 0. The molecule has 1 rings (SSSR count). The monoisotopic (exact) mass is 145 g/mol. The van der Waals surface area contributed by atoms with Crippen molar-refractivity contribution in [2.45, 2.75) is 32.0 Å².